The highest BCUT2D eigenvalue weighted by Crippen LogP contribution is 2.29. The van der Waals surface area contributed by atoms with Gasteiger partial charge in [-0.2, -0.15) is 0 Å². The van der Waals surface area contributed by atoms with Crippen LogP contribution in [0.4, 0.5) is 0 Å². The molecule has 2 heterocycles. The van der Waals surface area contributed by atoms with Gasteiger partial charge in [0.2, 0.25) is 0 Å². The molecule has 140 valence electrons. The molecule has 0 saturated carbocycles. The molecular formula is C19H20N4O4. The number of aromatic nitrogens is 3. The molecule has 0 spiro atoms. The van der Waals surface area contributed by atoms with Crippen LogP contribution in [0.3, 0.4) is 0 Å². The number of hydrogen-bond donors (Lipinski definition) is 2. The molecule has 2 N–H and O–H groups in total. The van der Waals surface area contributed by atoms with E-state index in [4.69, 9.17) is 9.47 Å². The van der Waals surface area contributed by atoms with Crippen molar-refractivity contribution < 1.29 is 14.3 Å². The average molecular weight is 368 g/mol. The fourth-order valence-corrected chi connectivity index (χ4v) is 2.76. The van der Waals surface area contributed by atoms with Crippen LogP contribution in [0.5, 0.6) is 11.5 Å². The molecule has 8 heteroatoms. The molecule has 2 aromatic heterocycles. The lowest BCUT2D eigenvalue weighted by atomic mass is 10.0. The fourth-order valence-electron chi connectivity index (χ4n) is 2.76. The molecule has 1 amide bonds. The predicted octanol–water partition coefficient (Wildman–Crippen LogP) is 1.64. The molecular weight excluding hydrogens is 348 g/mol. The maximum atomic E-state index is 12.7. The van der Waals surface area contributed by atoms with Gasteiger partial charge in [0.25, 0.3) is 11.5 Å². The standard InChI is InChI=1S/C19H20N4O4/c1-23-8-7-20-17(23)16(12-9-13(26-2)11-14(10-12)27-3)22-19(25)15-5-4-6-21-18(15)24/h4-11,16H,1-3H3,(H,21,24)(H,22,25). The van der Waals surface area contributed by atoms with Crippen LogP contribution >= 0.6 is 0 Å². The Labute approximate surface area is 155 Å². The lowest BCUT2D eigenvalue weighted by molar-refractivity contribution is 0.0939. The maximum Gasteiger partial charge on any atom is 0.260 e. The van der Waals surface area contributed by atoms with Crippen LogP contribution in [0, 0.1) is 0 Å². The van der Waals surface area contributed by atoms with E-state index in [1.54, 1.807) is 55.4 Å². The van der Waals surface area contributed by atoms with Crippen LogP contribution in [0.1, 0.15) is 27.8 Å². The summed E-state index contributed by atoms with van der Waals surface area (Å²) in [7, 11) is 4.93. The van der Waals surface area contributed by atoms with Crippen molar-refractivity contribution >= 4 is 5.91 Å². The van der Waals surface area contributed by atoms with Gasteiger partial charge < -0.3 is 24.3 Å². The Kier molecular flexibility index (Phi) is 5.25. The molecule has 1 atom stereocenters. The van der Waals surface area contributed by atoms with Crippen LogP contribution in [0.15, 0.2) is 53.7 Å². The van der Waals surface area contributed by atoms with E-state index >= 15 is 0 Å². The molecule has 3 aromatic rings. The smallest absolute Gasteiger partial charge is 0.260 e. The number of nitrogens with one attached hydrogen (secondary N) is 2. The van der Waals surface area contributed by atoms with Crippen LogP contribution in [-0.2, 0) is 7.05 Å². The highest BCUT2D eigenvalue weighted by atomic mass is 16.5. The van der Waals surface area contributed by atoms with Gasteiger partial charge in [0.15, 0.2) is 0 Å². The third kappa shape index (κ3) is 3.84. The Hall–Kier alpha value is -3.55. The van der Waals surface area contributed by atoms with E-state index in [2.05, 4.69) is 15.3 Å². The monoisotopic (exact) mass is 368 g/mol. The average Bonchev–Trinajstić information content (AvgIpc) is 3.11. The van der Waals surface area contributed by atoms with Gasteiger partial charge in [0.05, 0.1) is 14.2 Å². The quantitative estimate of drug-likeness (QED) is 0.689. The number of hydrogen-bond acceptors (Lipinski definition) is 5. The number of aryl methyl sites for hydroxylation is 1. The van der Waals surface area contributed by atoms with Crippen LogP contribution in [-0.4, -0.2) is 34.7 Å². The summed E-state index contributed by atoms with van der Waals surface area (Å²) < 4.78 is 12.5. The summed E-state index contributed by atoms with van der Waals surface area (Å²) in [6.07, 6.45) is 4.89. The molecule has 0 fully saturated rings. The maximum absolute atomic E-state index is 12.7. The minimum atomic E-state index is -0.610. The summed E-state index contributed by atoms with van der Waals surface area (Å²) in [5.74, 6) is 1.25. The van der Waals surface area contributed by atoms with Crippen molar-refractivity contribution in [3.05, 3.63) is 76.2 Å². The first kappa shape index (κ1) is 18.2. The topological polar surface area (TPSA) is 98.2 Å². The molecule has 8 nitrogen and oxygen atoms in total. The number of nitrogens with zero attached hydrogens (tertiary/aromatic N) is 2. The van der Waals surface area contributed by atoms with Crippen LogP contribution in [0.2, 0.25) is 0 Å². The Morgan fingerprint density at radius 3 is 2.48 bits per heavy atom. The molecule has 0 aliphatic rings. The van der Waals surface area contributed by atoms with Gasteiger partial charge in [-0.15, -0.1) is 0 Å². The van der Waals surface area contributed by atoms with Crippen LogP contribution < -0.4 is 20.3 Å². The zero-order valence-electron chi connectivity index (χ0n) is 15.2. The van der Waals surface area contributed by atoms with Crippen molar-refractivity contribution in [3.63, 3.8) is 0 Å². The normalized spacial score (nSPS) is 11.7. The molecule has 0 radical (unpaired) electrons. The molecule has 0 saturated heterocycles. The number of aromatic amines is 1. The van der Waals surface area contributed by atoms with Crippen molar-refractivity contribution in [2.45, 2.75) is 6.04 Å². The molecule has 0 bridgehead atoms. The number of H-pyrrole nitrogens is 1. The van der Waals surface area contributed by atoms with Gasteiger partial charge >= 0.3 is 0 Å². The van der Waals surface area contributed by atoms with Crippen molar-refractivity contribution in [2.75, 3.05) is 14.2 Å². The third-order valence-corrected chi connectivity index (χ3v) is 4.16. The van der Waals surface area contributed by atoms with Gasteiger partial charge in [0, 0.05) is 31.7 Å². The molecule has 27 heavy (non-hydrogen) atoms. The first-order chi connectivity index (χ1) is 13.0. The van der Waals surface area contributed by atoms with Gasteiger partial charge in [0.1, 0.15) is 28.9 Å². The number of rotatable bonds is 6. The summed E-state index contributed by atoms with van der Waals surface area (Å²) in [5, 5.41) is 2.88. The Morgan fingerprint density at radius 2 is 1.93 bits per heavy atom. The zero-order valence-corrected chi connectivity index (χ0v) is 15.2. The van der Waals surface area contributed by atoms with E-state index in [1.165, 1.54) is 12.3 Å². The summed E-state index contributed by atoms with van der Waals surface area (Å²) in [5.41, 5.74) is 0.268. The van der Waals surface area contributed by atoms with Gasteiger partial charge in [-0.3, -0.25) is 9.59 Å². The zero-order chi connectivity index (χ0) is 19.4. The molecule has 0 aliphatic heterocycles. The van der Waals surface area contributed by atoms with Crippen molar-refractivity contribution in [1.29, 1.82) is 0 Å². The highest BCUT2D eigenvalue weighted by Gasteiger charge is 2.24. The molecule has 3 rings (SSSR count). The summed E-state index contributed by atoms with van der Waals surface area (Å²) in [6, 6.07) is 7.77. The van der Waals surface area contributed by atoms with E-state index < -0.39 is 17.5 Å². The lowest BCUT2D eigenvalue weighted by Crippen LogP contribution is -2.34. The number of carbonyl (C=O) groups excluding carboxylic acids is 1. The molecule has 1 aromatic carbocycles. The first-order valence-corrected chi connectivity index (χ1v) is 8.22. The Balaban J connectivity index is 2.05. The highest BCUT2D eigenvalue weighted by molar-refractivity contribution is 5.94. The summed E-state index contributed by atoms with van der Waals surface area (Å²) >= 11 is 0. The number of pyridine rings is 1. The van der Waals surface area contributed by atoms with E-state index in [-0.39, 0.29) is 5.56 Å². The summed E-state index contributed by atoms with van der Waals surface area (Å²) in [4.78, 5) is 31.5. The Bertz CT molecular complexity index is 986. The SMILES string of the molecule is COc1cc(OC)cc(C(NC(=O)c2ccc[nH]c2=O)c2nccn2C)c1. The third-order valence-electron chi connectivity index (χ3n) is 4.16. The first-order valence-electron chi connectivity index (χ1n) is 8.22. The van der Waals surface area contributed by atoms with E-state index in [9.17, 15) is 9.59 Å². The van der Waals surface area contributed by atoms with E-state index in [1.807, 2.05) is 7.05 Å². The number of benzene rings is 1. The Morgan fingerprint density at radius 1 is 1.22 bits per heavy atom. The van der Waals surface area contributed by atoms with Crippen molar-refractivity contribution in [3.8, 4) is 11.5 Å². The predicted molar refractivity (Wildman–Crippen MR) is 99.1 cm³/mol. The minimum Gasteiger partial charge on any atom is -0.497 e. The minimum absolute atomic E-state index is 0.0200. The molecule has 0 aliphatic carbocycles. The fraction of sp³-hybridized carbons (Fsp3) is 0.211. The largest absolute Gasteiger partial charge is 0.497 e. The van der Waals surface area contributed by atoms with Gasteiger partial charge in [-0.1, -0.05) is 0 Å². The number of carbonyl (C=O) groups is 1. The number of imidazole rings is 1. The number of ether oxygens (including phenoxy) is 2. The van der Waals surface area contributed by atoms with E-state index in [0.29, 0.717) is 22.9 Å². The second kappa shape index (κ2) is 7.77. The van der Waals surface area contributed by atoms with E-state index in [0.717, 1.165) is 0 Å². The summed E-state index contributed by atoms with van der Waals surface area (Å²) in [6.45, 7) is 0. The molecule has 1 unspecified atom stereocenters. The van der Waals surface area contributed by atoms with Crippen LogP contribution in [0.25, 0.3) is 0 Å². The van der Waals surface area contributed by atoms with Crippen molar-refractivity contribution in [1.82, 2.24) is 19.9 Å². The second-order valence-electron chi connectivity index (χ2n) is 5.86. The second-order valence-corrected chi connectivity index (χ2v) is 5.86. The number of amides is 1. The van der Waals surface area contributed by atoms with Crippen molar-refractivity contribution in [2.24, 2.45) is 7.05 Å². The lowest BCUT2D eigenvalue weighted by Gasteiger charge is -2.20. The van der Waals surface area contributed by atoms with Gasteiger partial charge in [-0.25, -0.2) is 4.98 Å². The van der Waals surface area contributed by atoms with Gasteiger partial charge in [-0.05, 0) is 29.8 Å². The number of methoxy groups -OCH3 is 2.